The number of nitrogens with zero attached hydrogens (tertiary/aromatic N) is 1. The molecule has 0 radical (unpaired) electrons. The van der Waals surface area contributed by atoms with E-state index in [-0.39, 0.29) is 5.82 Å². The Labute approximate surface area is 102 Å². The Kier molecular flexibility index (Phi) is 3.97. The van der Waals surface area contributed by atoms with Gasteiger partial charge in [0.25, 0.3) is 0 Å². The molecule has 0 saturated carbocycles. The number of piperazine rings is 1. The van der Waals surface area contributed by atoms with Gasteiger partial charge in [-0.1, -0.05) is 6.07 Å². The van der Waals surface area contributed by atoms with E-state index < -0.39 is 0 Å². The molecular formula is C13H19FN2O. The van der Waals surface area contributed by atoms with Crippen molar-refractivity contribution in [1.82, 2.24) is 10.2 Å². The lowest BCUT2D eigenvalue weighted by Crippen LogP contribution is -2.44. The number of nitrogens with one attached hydrogen (secondary N) is 1. The summed E-state index contributed by atoms with van der Waals surface area (Å²) in [5.74, 6) is 0.0215. The molecule has 0 aliphatic carbocycles. The third-order valence-corrected chi connectivity index (χ3v) is 3.36. The van der Waals surface area contributed by atoms with Crippen LogP contribution in [-0.2, 0) is 0 Å². The first-order valence-corrected chi connectivity index (χ1v) is 6.00. The Morgan fingerprint density at radius 2 is 2.06 bits per heavy atom. The minimum atomic E-state index is -0.302. The van der Waals surface area contributed by atoms with Crippen LogP contribution in [0.25, 0.3) is 0 Å². The highest BCUT2D eigenvalue weighted by molar-refractivity contribution is 5.32. The smallest absolute Gasteiger partial charge is 0.165 e. The molecule has 1 aliphatic heterocycles. The summed E-state index contributed by atoms with van der Waals surface area (Å²) < 4.78 is 18.3. The van der Waals surface area contributed by atoms with Crippen molar-refractivity contribution in [3.05, 3.63) is 29.6 Å². The monoisotopic (exact) mass is 238 g/mol. The molecule has 1 aromatic rings. The highest BCUT2D eigenvalue weighted by atomic mass is 19.1. The zero-order valence-electron chi connectivity index (χ0n) is 10.4. The number of halogens is 1. The van der Waals surface area contributed by atoms with Crippen LogP contribution in [0, 0.1) is 5.82 Å². The number of methoxy groups -OCH3 is 1. The molecule has 1 atom stereocenters. The van der Waals surface area contributed by atoms with E-state index in [1.54, 1.807) is 6.07 Å². The van der Waals surface area contributed by atoms with Crippen molar-refractivity contribution >= 4 is 0 Å². The maximum atomic E-state index is 13.3. The van der Waals surface area contributed by atoms with Gasteiger partial charge in [0.1, 0.15) is 0 Å². The number of rotatable bonds is 3. The molecule has 1 fully saturated rings. The summed E-state index contributed by atoms with van der Waals surface area (Å²) in [5.41, 5.74) is 1.10. The summed E-state index contributed by atoms with van der Waals surface area (Å²) in [7, 11) is 1.50. The number of hydrogen-bond acceptors (Lipinski definition) is 3. The van der Waals surface area contributed by atoms with Crippen molar-refractivity contribution in [2.45, 2.75) is 13.0 Å². The minimum absolute atomic E-state index is 0.298. The number of benzene rings is 1. The van der Waals surface area contributed by atoms with Crippen LogP contribution >= 0.6 is 0 Å². The van der Waals surface area contributed by atoms with Crippen molar-refractivity contribution in [2.24, 2.45) is 0 Å². The molecule has 0 bridgehead atoms. The molecule has 0 unspecified atom stereocenters. The van der Waals surface area contributed by atoms with Crippen molar-refractivity contribution in [3.63, 3.8) is 0 Å². The predicted molar refractivity (Wildman–Crippen MR) is 65.8 cm³/mol. The fourth-order valence-corrected chi connectivity index (χ4v) is 2.22. The Morgan fingerprint density at radius 1 is 1.35 bits per heavy atom. The Hall–Kier alpha value is -1.13. The van der Waals surface area contributed by atoms with Crippen molar-refractivity contribution in [2.75, 3.05) is 33.3 Å². The Bertz CT molecular complexity index is 378. The third-order valence-electron chi connectivity index (χ3n) is 3.36. The van der Waals surface area contributed by atoms with E-state index in [1.807, 2.05) is 6.07 Å². The van der Waals surface area contributed by atoms with Crippen LogP contribution in [0.4, 0.5) is 4.39 Å². The van der Waals surface area contributed by atoms with E-state index in [2.05, 4.69) is 17.1 Å². The molecule has 1 saturated heterocycles. The van der Waals surface area contributed by atoms with E-state index in [4.69, 9.17) is 4.74 Å². The first kappa shape index (κ1) is 12.3. The number of ether oxygens (including phenoxy) is 1. The molecule has 1 aromatic carbocycles. The van der Waals surface area contributed by atoms with Gasteiger partial charge in [0, 0.05) is 32.2 Å². The second kappa shape index (κ2) is 5.47. The Morgan fingerprint density at radius 3 is 2.71 bits per heavy atom. The summed E-state index contributed by atoms with van der Waals surface area (Å²) in [5, 5.41) is 3.33. The van der Waals surface area contributed by atoms with Crippen LogP contribution in [0.2, 0.25) is 0 Å². The van der Waals surface area contributed by atoms with Crippen molar-refractivity contribution in [3.8, 4) is 5.75 Å². The van der Waals surface area contributed by atoms with Gasteiger partial charge in [-0.05, 0) is 24.6 Å². The van der Waals surface area contributed by atoms with Gasteiger partial charge in [0.15, 0.2) is 11.6 Å². The van der Waals surface area contributed by atoms with Crippen LogP contribution in [-0.4, -0.2) is 38.2 Å². The standard InChI is InChI=1S/C13H19FN2O/c1-10(16-7-5-15-6-8-16)11-3-4-12(14)13(9-11)17-2/h3-4,9-10,15H,5-8H2,1-2H3/t10-/m0/s1. The lowest BCUT2D eigenvalue weighted by atomic mass is 10.1. The van der Waals surface area contributed by atoms with Gasteiger partial charge in [-0.3, -0.25) is 4.90 Å². The summed E-state index contributed by atoms with van der Waals surface area (Å²) >= 11 is 0. The molecule has 0 amide bonds. The molecular weight excluding hydrogens is 219 g/mol. The maximum absolute atomic E-state index is 13.3. The zero-order valence-corrected chi connectivity index (χ0v) is 10.4. The normalized spacial score (nSPS) is 19.0. The molecule has 2 rings (SSSR count). The van der Waals surface area contributed by atoms with Gasteiger partial charge in [-0.15, -0.1) is 0 Å². The summed E-state index contributed by atoms with van der Waals surface area (Å²) in [4.78, 5) is 2.39. The summed E-state index contributed by atoms with van der Waals surface area (Å²) in [6, 6.07) is 5.41. The van der Waals surface area contributed by atoms with Gasteiger partial charge >= 0.3 is 0 Å². The first-order valence-electron chi connectivity index (χ1n) is 6.00. The summed E-state index contributed by atoms with van der Waals surface area (Å²) in [6.45, 7) is 6.24. The molecule has 94 valence electrons. The largest absolute Gasteiger partial charge is 0.494 e. The molecule has 4 heteroatoms. The van der Waals surface area contributed by atoms with E-state index in [1.165, 1.54) is 13.2 Å². The average molecular weight is 238 g/mol. The predicted octanol–water partition coefficient (Wildman–Crippen LogP) is 1.80. The van der Waals surface area contributed by atoms with E-state index in [0.29, 0.717) is 11.8 Å². The van der Waals surface area contributed by atoms with Crippen LogP contribution in [0.3, 0.4) is 0 Å². The minimum Gasteiger partial charge on any atom is -0.494 e. The van der Waals surface area contributed by atoms with E-state index >= 15 is 0 Å². The molecule has 17 heavy (non-hydrogen) atoms. The first-order chi connectivity index (χ1) is 8.22. The molecule has 0 aromatic heterocycles. The quantitative estimate of drug-likeness (QED) is 0.869. The van der Waals surface area contributed by atoms with Crippen LogP contribution < -0.4 is 10.1 Å². The van der Waals surface area contributed by atoms with Crippen LogP contribution in [0.15, 0.2) is 18.2 Å². The summed E-state index contributed by atoms with van der Waals surface area (Å²) in [6.07, 6.45) is 0. The molecule has 1 aliphatic rings. The molecule has 3 nitrogen and oxygen atoms in total. The van der Waals surface area contributed by atoms with Gasteiger partial charge in [-0.2, -0.15) is 0 Å². The van der Waals surface area contributed by atoms with Crippen molar-refractivity contribution in [1.29, 1.82) is 0 Å². The fraction of sp³-hybridized carbons (Fsp3) is 0.538. The van der Waals surface area contributed by atoms with Crippen LogP contribution in [0.5, 0.6) is 5.75 Å². The fourth-order valence-electron chi connectivity index (χ4n) is 2.22. The third kappa shape index (κ3) is 2.76. The lowest BCUT2D eigenvalue weighted by molar-refractivity contribution is 0.185. The van der Waals surface area contributed by atoms with Gasteiger partial charge in [0.2, 0.25) is 0 Å². The lowest BCUT2D eigenvalue weighted by Gasteiger charge is -2.33. The van der Waals surface area contributed by atoms with Gasteiger partial charge in [0.05, 0.1) is 7.11 Å². The zero-order chi connectivity index (χ0) is 12.3. The maximum Gasteiger partial charge on any atom is 0.165 e. The van der Waals surface area contributed by atoms with Gasteiger partial charge < -0.3 is 10.1 Å². The average Bonchev–Trinajstić information content (AvgIpc) is 2.39. The SMILES string of the molecule is COc1cc([C@H](C)N2CCNCC2)ccc1F. The highest BCUT2D eigenvalue weighted by Crippen LogP contribution is 2.26. The second-order valence-electron chi connectivity index (χ2n) is 4.36. The van der Waals surface area contributed by atoms with E-state index in [9.17, 15) is 4.39 Å². The van der Waals surface area contributed by atoms with Gasteiger partial charge in [-0.25, -0.2) is 4.39 Å². The molecule has 0 spiro atoms. The molecule has 1 heterocycles. The topological polar surface area (TPSA) is 24.5 Å². The van der Waals surface area contributed by atoms with Crippen molar-refractivity contribution < 1.29 is 9.13 Å². The number of hydrogen-bond donors (Lipinski definition) is 1. The molecule has 1 N–H and O–H groups in total. The second-order valence-corrected chi connectivity index (χ2v) is 4.36. The highest BCUT2D eigenvalue weighted by Gasteiger charge is 2.18. The Balaban J connectivity index is 2.15. The van der Waals surface area contributed by atoms with E-state index in [0.717, 1.165) is 31.7 Å². The van der Waals surface area contributed by atoms with Crippen LogP contribution in [0.1, 0.15) is 18.5 Å².